The lowest BCUT2D eigenvalue weighted by Gasteiger charge is -2.27. The molecule has 3 N–H and O–H groups in total. The van der Waals surface area contributed by atoms with Gasteiger partial charge in [-0.3, -0.25) is 0 Å². The Morgan fingerprint density at radius 2 is 1.00 bits per heavy atom. The molecule has 0 aromatic heterocycles. The zero-order valence-electron chi connectivity index (χ0n) is 12.0. The Hall–Kier alpha value is -0.120. The van der Waals surface area contributed by atoms with Crippen molar-refractivity contribution in [2.75, 3.05) is 19.8 Å². The van der Waals surface area contributed by atoms with Crippen LogP contribution in [0.4, 0.5) is 0 Å². The molecule has 0 spiro atoms. The molecule has 0 saturated heterocycles. The minimum Gasteiger partial charge on any atom is -0.396 e. The molecule has 0 aliphatic carbocycles. The Bertz CT molecular complexity index is 159. The lowest BCUT2D eigenvalue weighted by atomic mass is 9.85. The molecule has 3 nitrogen and oxygen atoms in total. The van der Waals surface area contributed by atoms with Crippen molar-refractivity contribution in [3.8, 4) is 0 Å². The van der Waals surface area contributed by atoms with Crippen molar-refractivity contribution in [2.24, 2.45) is 5.41 Å². The van der Waals surface area contributed by atoms with Gasteiger partial charge in [0.25, 0.3) is 0 Å². The van der Waals surface area contributed by atoms with Gasteiger partial charge >= 0.3 is 0 Å². The molecule has 0 aromatic rings. The maximum absolute atomic E-state index is 9.18. The van der Waals surface area contributed by atoms with Crippen LogP contribution in [0.2, 0.25) is 0 Å². The summed E-state index contributed by atoms with van der Waals surface area (Å²) in [6.07, 6.45) is 12.0. The third-order valence-electron chi connectivity index (χ3n) is 3.82. The van der Waals surface area contributed by atoms with Gasteiger partial charge in [0, 0.05) is 5.41 Å². The van der Waals surface area contributed by atoms with Crippen LogP contribution < -0.4 is 0 Å². The van der Waals surface area contributed by atoms with Crippen LogP contribution >= 0.6 is 0 Å². The van der Waals surface area contributed by atoms with Crippen molar-refractivity contribution < 1.29 is 15.3 Å². The first-order chi connectivity index (χ1) is 8.74. The first-order valence-corrected chi connectivity index (χ1v) is 7.57. The third-order valence-corrected chi connectivity index (χ3v) is 3.82. The summed E-state index contributed by atoms with van der Waals surface area (Å²) in [5, 5.41) is 27.5. The van der Waals surface area contributed by atoms with Crippen LogP contribution in [0.25, 0.3) is 0 Å². The van der Waals surface area contributed by atoms with Crippen LogP contribution in [0.1, 0.15) is 71.1 Å². The number of aliphatic hydroxyl groups excluding tert-OH is 3. The summed E-state index contributed by atoms with van der Waals surface area (Å²) in [5.41, 5.74) is -0.666. The van der Waals surface area contributed by atoms with Gasteiger partial charge in [0.15, 0.2) is 0 Å². The fraction of sp³-hybridized carbons (Fsp3) is 1.00. The van der Waals surface area contributed by atoms with Gasteiger partial charge in [-0.1, -0.05) is 64.7 Å². The van der Waals surface area contributed by atoms with E-state index in [0.29, 0.717) is 6.42 Å². The summed E-state index contributed by atoms with van der Waals surface area (Å²) < 4.78 is 0. The average Bonchev–Trinajstić information content (AvgIpc) is 2.42. The van der Waals surface area contributed by atoms with E-state index in [1.165, 1.54) is 44.9 Å². The molecular weight excluding hydrogens is 228 g/mol. The largest absolute Gasteiger partial charge is 0.396 e. The molecule has 0 bridgehead atoms. The molecule has 0 rings (SSSR count). The number of unbranched alkanes of at least 4 members (excludes halogenated alkanes) is 8. The molecular formula is C15H32O3. The molecule has 0 saturated carbocycles. The zero-order chi connectivity index (χ0) is 13.7. The Morgan fingerprint density at radius 3 is 1.39 bits per heavy atom. The highest BCUT2D eigenvalue weighted by Crippen LogP contribution is 2.23. The van der Waals surface area contributed by atoms with E-state index in [4.69, 9.17) is 0 Å². The Kier molecular flexibility index (Phi) is 11.9. The fourth-order valence-electron chi connectivity index (χ4n) is 2.20. The van der Waals surface area contributed by atoms with E-state index in [1.54, 1.807) is 0 Å². The van der Waals surface area contributed by atoms with Crippen LogP contribution in [0.3, 0.4) is 0 Å². The van der Waals surface area contributed by atoms with Crippen LogP contribution in [0, 0.1) is 5.41 Å². The minimum atomic E-state index is -0.666. The van der Waals surface area contributed by atoms with Gasteiger partial charge < -0.3 is 15.3 Å². The standard InChI is InChI=1S/C15H32O3/c1-2-3-4-5-6-7-8-9-10-11-15(12-16,13-17)14-18/h16-18H,2-14H2,1H3. The van der Waals surface area contributed by atoms with E-state index in [9.17, 15) is 15.3 Å². The molecule has 0 aromatic carbocycles. The second kappa shape index (κ2) is 11.9. The van der Waals surface area contributed by atoms with Gasteiger partial charge in [-0.25, -0.2) is 0 Å². The maximum atomic E-state index is 9.18. The van der Waals surface area contributed by atoms with Crippen molar-refractivity contribution >= 4 is 0 Å². The number of rotatable bonds is 13. The third kappa shape index (κ3) is 8.06. The molecule has 3 heteroatoms. The van der Waals surface area contributed by atoms with E-state index in [0.717, 1.165) is 12.8 Å². The molecule has 0 radical (unpaired) electrons. The summed E-state index contributed by atoms with van der Waals surface area (Å²) in [4.78, 5) is 0. The highest BCUT2D eigenvalue weighted by Gasteiger charge is 2.26. The molecule has 0 fully saturated rings. The van der Waals surface area contributed by atoms with Gasteiger partial charge in [0.1, 0.15) is 0 Å². The molecule has 0 heterocycles. The zero-order valence-corrected chi connectivity index (χ0v) is 12.0. The van der Waals surface area contributed by atoms with Crippen molar-refractivity contribution in [1.82, 2.24) is 0 Å². The van der Waals surface area contributed by atoms with E-state index in [-0.39, 0.29) is 19.8 Å². The Labute approximate surface area is 112 Å². The van der Waals surface area contributed by atoms with E-state index >= 15 is 0 Å². The van der Waals surface area contributed by atoms with Gasteiger partial charge in [0.05, 0.1) is 19.8 Å². The quantitative estimate of drug-likeness (QED) is 0.446. The van der Waals surface area contributed by atoms with E-state index in [2.05, 4.69) is 6.92 Å². The Balaban J connectivity index is 3.38. The van der Waals surface area contributed by atoms with Gasteiger partial charge in [-0.2, -0.15) is 0 Å². The topological polar surface area (TPSA) is 60.7 Å². The van der Waals surface area contributed by atoms with Gasteiger partial charge in [-0.15, -0.1) is 0 Å². The van der Waals surface area contributed by atoms with Crippen molar-refractivity contribution in [3.63, 3.8) is 0 Å². The highest BCUT2D eigenvalue weighted by molar-refractivity contribution is 4.76. The summed E-state index contributed by atoms with van der Waals surface area (Å²) in [6, 6.07) is 0. The summed E-state index contributed by atoms with van der Waals surface area (Å²) in [6.45, 7) is 1.85. The van der Waals surface area contributed by atoms with Gasteiger partial charge in [0.2, 0.25) is 0 Å². The normalized spacial score (nSPS) is 12.0. The maximum Gasteiger partial charge on any atom is 0.0531 e. The second-order valence-corrected chi connectivity index (χ2v) is 5.55. The second-order valence-electron chi connectivity index (χ2n) is 5.55. The molecule has 0 unspecified atom stereocenters. The molecule has 0 aliphatic rings. The molecule has 0 amide bonds. The van der Waals surface area contributed by atoms with Crippen molar-refractivity contribution in [1.29, 1.82) is 0 Å². The lowest BCUT2D eigenvalue weighted by Crippen LogP contribution is -2.33. The summed E-state index contributed by atoms with van der Waals surface area (Å²) in [7, 11) is 0. The fourth-order valence-corrected chi connectivity index (χ4v) is 2.20. The number of aliphatic hydroxyl groups is 3. The average molecular weight is 260 g/mol. The molecule has 0 aliphatic heterocycles. The van der Waals surface area contributed by atoms with Crippen LogP contribution in [0.15, 0.2) is 0 Å². The van der Waals surface area contributed by atoms with Gasteiger partial charge in [-0.05, 0) is 6.42 Å². The smallest absolute Gasteiger partial charge is 0.0531 e. The minimum absolute atomic E-state index is 0.128. The lowest BCUT2D eigenvalue weighted by molar-refractivity contribution is -0.00229. The summed E-state index contributed by atoms with van der Waals surface area (Å²) >= 11 is 0. The molecule has 18 heavy (non-hydrogen) atoms. The predicted octanol–water partition coefficient (Wildman–Crippen LogP) is 2.87. The number of hydrogen-bond donors (Lipinski definition) is 3. The first kappa shape index (κ1) is 17.9. The molecule has 110 valence electrons. The van der Waals surface area contributed by atoms with Crippen LogP contribution in [-0.2, 0) is 0 Å². The highest BCUT2D eigenvalue weighted by atomic mass is 16.3. The monoisotopic (exact) mass is 260 g/mol. The number of hydrogen-bond acceptors (Lipinski definition) is 3. The van der Waals surface area contributed by atoms with Crippen LogP contribution in [0.5, 0.6) is 0 Å². The predicted molar refractivity (Wildman–Crippen MR) is 75.5 cm³/mol. The van der Waals surface area contributed by atoms with Crippen molar-refractivity contribution in [3.05, 3.63) is 0 Å². The van der Waals surface area contributed by atoms with Crippen LogP contribution in [-0.4, -0.2) is 35.1 Å². The summed E-state index contributed by atoms with van der Waals surface area (Å²) in [5.74, 6) is 0. The Morgan fingerprint density at radius 1 is 0.611 bits per heavy atom. The van der Waals surface area contributed by atoms with E-state index in [1.807, 2.05) is 0 Å². The molecule has 0 atom stereocenters. The van der Waals surface area contributed by atoms with E-state index < -0.39 is 5.41 Å². The SMILES string of the molecule is CCCCCCCCCCCC(CO)(CO)CO. The van der Waals surface area contributed by atoms with Crippen molar-refractivity contribution in [2.45, 2.75) is 71.1 Å². The first-order valence-electron chi connectivity index (χ1n) is 7.57.